The highest BCUT2D eigenvalue weighted by molar-refractivity contribution is 7.92. The molecule has 0 aliphatic carbocycles. The number of halogens is 2. The van der Waals surface area contributed by atoms with Gasteiger partial charge in [0.1, 0.15) is 12.3 Å². The van der Waals surface area contributed by atoms with Crippen molar-refractivity contribution in [3.63, 3.8) is 0 Å². The Morgan fingerprint density at radius 3 is 1.52 bits per heavy atom. The predicted octanol–water partition coefficient (Wildman–Crippen LogP) is 22.3. The van der Waals surface area contributed by atoms with Gasteiger partial charge in [-0.25, -0.2) is 27.8 Å². The third-order valence-electron chi connectivity index (χ3n) is 24.4. The summed E-state index contributed by atoms with van der Waals surface area (Å²) in [6.45, 7) is 11.5. The fourth-order valence-corrected chi connectivity index (χ4v) is 18.8. The predicted molar refractivity (Wildman–Crippen MR) is 521 cm³/mol. The van der Waals surface area contributed by atoms with E-state index in [2.05, 4.69) is 45.0 Å². The van der Waals surface area contributed by atoms with E-state index in [0.717, 1.165) is 49.0 Å². The van der Waals surface area contributed by atoms with Gasteiger partial charge in [0.05, 0.1) is 80.5 Å². The van der Waals surface area contributed by atoms with Crippen molar-refractivity contribution in [3.05, 3.63) is 209 Å². The smallest absolute Gasteiger partial charge is 0.330 e. The Balaban J connectivity index is 0.000000290. The van der Waals surface area contributed by atoms with Crippen molar-refractivity contribution in [3.8, 4) is 5.75 Å². The molecule has 4 heterocycles. The van der Waals surface area contributed by atoms with E-state index in [9.17, 15) is 42.0 Å². The van der Waals surface area contributed by atoms with E-state index in [4.69, 9.17) is 37.8 Å². The van der Waals surface area contributed by atoms with Crippen LogP contribution in [0.4, 0.5) is 38.0 Å². The van der Waals surface area contributed by atoms with Gasteiger partial charge < -0.3 is 35.7 Å². The lowest BCUT2D eigenvalue weighted by atomic mass is 9.84. The van der Waals surface area contributed by atoms with Crippen LogP contribution < -0.4 is 35.8 Å². The summed E-state index contributed by atoms with van der Waals surface area (Å²) in [4.78, 5) is 133. The first kappa shape index (κ1) is 102. The number of rotatable bonds is 56. The largest absolute Gasteiger partial charge is 0.491 e. The molecule has 0 bridgehead atoms. The molecule has 4 aliphatic heterocycles. The molecule has 7 unspecified atom stereocenters. The van der Waals surface area contributed by atoms with Gasteiger partial charge in [0, 0.05) is 31.0 Å². The number of carbonyl (C=O) groups excluding carboxylic acids is 9. The summed E-state index contributed by atoms with van der Waals surface area (Å²) in [5, 5.41) is 19.5. The van der Waals surface area contributed by atoms with E-state index in [-0.39, 0.29) is 76.5 Å². The molecule has 11 rings (SSSR count). The van der Waals surface area contributed by atoms with Crippen molar-refractivity contribution in [2.45, 2.75) is 295 Å². The summed E-state index contributed by atoms with van der Waals surface area (Å²) in [5.74, 6) is -7.02. The Morgan fingerprint density at radius 2 is 0.985 bits per heavy atom. The number of hydrogen-bond acceptors (Lipinski definition) is 17. The number of carbonyl (C=O) groups is 9. The van der Waals surface area contributed by atoms with Gasteiger partial charge in [0.2, 0.25) is 12.1 Å². The lowest BCUT2D eigenvalue weighted by Gasteiger charge is -2.30. The zero-order valence-electron chi connectivity index (χ0n) is 77.1. The molecule has 2 fully saturated rings. The van der Waals surface area contributed by atoms with Gasteiger partial charge in [-0.2, -0.15) is 10.2 Å². The zero-order valence-corrected chi connectivity index (χ0v) is 79.5. The molecule has 0 radical (unpaired) electrons. The number of ether oxygens (including phenoxy) is 2. The summed E-state index contributed by atoms with van der Waals surface area (Å²) < 4.78 is 42.9. The Hall–Kier alpha value is -10.8. The van der Waals surface area contributed by atoms with E-state index in [1.807, 2.05) is 84.9 Å². The highest BCUT2D eigenvalue weighted by Crippen LogP contribution is 2.38. The number of nitrogens with one attached hydrogen (secondary N) is 5. The van der Waals surface area contributed by atoms with Gasteiger partial charge in [0.15, 0.2) is 23.7 Å². The van der Waals surface area contributed by atoms with Crippen molar-refractivity contribution in [2.75, 3.05) is 45.4 Å². The first-order chi connectivity index (χ1) is 63.5. The molecule has 25 nitrogen and oxygen atoms in total. The third-order valence-corrected chi connectivity index (χ3v) is 26.5. The Kier molecular flexibility index (Phi) is 41.9. The number of para-hydroxylation sites is 2. The quantitative estimate of drug-likeness (QED) is 0.0134. The Bertz CT molecular complexity index is 5050. The summed E-state index contributed by atoms with van der Waals surface area (Å²) in [7, 11) is -4.35. The summed E-state index contributed by atoms with van der Waals surface area (Å²) in [5.41, 5.74) is 6.97. The maximum absolute atomic E-state index is 15.8. The third kappa shape index (κ3) is 30.1. The van der Waals surface area contributed by atoms with Gasteiger partial charge in [-0.1, -0.05) is 345 Å². The molecule has 704 valence electrons. The Labute approximate surface area is 784 Å². The number of anilines is 5. The molecule has 0 aromatic heterocycles. The number of urea groups is 2. The number of imide groups is 2. The molecule has 4 aliphatic rings. The van der Waals surface area contributed by atoms with Gasteiger partial charge in [-0.3, -0.25) is 48.2 Å². The molecule has 5 N–H and O–H groups in total. The molecular weight excluding hydrogens is 1720 g/mol. The van der Waals surface area contributed by atoms with Crippen molar-refractivity contribution in [1.29, 1.82) is 0 Å². The normalized spacial score (nSPS) is 17.1. The second-order valence-electron chi connectivity index (χ2n) is 34.6. The highest BCUT2D eigenvalue weighted by Gasteiger charge is 2.57. The van der Waals surface area contributed by atoms with Crippen molar-refractivity contribution in [1.82, 2.24) is 25.0 Å². The monoisotopic (exact) mass is 1850 g/mol. The summed E-state index contributed by atoms with van der Waals surface area (Å²) in [6.07, 6.45) is 37.0. The molecular formula is C103H134Cl2N12O13S. The van der Waals surface area contributed by atoms with Crippen LogP contribution in [0, 0.1) is 11.8 Å². The highest BCUT2D eigenvalue weighted by atomic mass is 35.5. The second-order valence-corrected chi connectivity index (χ2v) is 37.1. The fourth-order valence-electron chi connectivity index (χ4n) is 17.3. The molecule has 7 aromatic carbocycles. The molecule has 28 heteroatoms. The average Bonchev–Trinajstić information content (AvgIpc) is 1.60. The van der Waals surface area contributed by atoms with Gasteiger partial charge in [-0.15, -0.1) is 0 Å². The van der Waals surface area contributed by atoms with Gasteiger partial charge in [0.25, 0.3) is 33.7 Å². The van der Waals surface area contributed by atoms with Crippen LogP contribution in [0.25, 0.3) is 0 Å². The van der Waals surface area contributed by atoms with Crippen LogP contribution in [-0.4, -0.2) is 143 Å². The molecule has 7 atom stereocenters. The summed E-state index contributed by atoms with van der Waals surface area (Å²) >= 11 is 12.9. The van der Waals surface area contributed by atoms with E-state index >= 15 is 9.59 Å². The minimum absolute atomic E-state index is 0.0354. The number of unbranched alkanes of at least 4 members (excludes halogenated alkanes) is 29. The zero-order chi connectivity index (χ0) is 93.4. The second kappa shape index (κ2) is 53.6. The number of amides is 9. The number of hydrazone groups is 2. The van der Waals surface area contributed by atoms with Crippen molar-refractivity contribution >= 4 is 126 Å². The Morgan fingerprint density at radius 1 is 0.504 bits per heavy atom. The van der Waals surface area contributed by atoms with Gasteiger partial charge >= 0.3 is 12.1 Å². The van der Waals surface area contributed by atoms with Crippen LogP contribution in [0.15, 0.2) is 197 Å². The average molecular weight is 1850 g/mol. The maximum Gasteiger partial charge on any atom is 0.330 e. The van der Waals surface area contributed by atoms with Crippen molar-refractivity contribution < 1.29 is 61.0 Å². The fraction of sp³-hybridized carbons (Fsp3) is 0.485. The van der Waals surface area contributed by atoms with Gasteiger partial charge in [-0.05, 0) is 118 Å². The van der Waals surface area contributed by atoms with Crippen LogP contribution >= 0.6 is 23.2 Å². The standard InChI is InChI=1S/C61H75ClN6O8S.C42H59ClN6O5/c1-4-6-7-8-9-10-11-12-13-14-15-16-17-18-19-31-42-76-53-41-40-49(77(73,74)65-51-39-30-29-38-50(51)62)43-52(53)63-58(70)56(67-59(71)60(75-5-2)66(61(67)72)44-46-32-23-20-24-33-46)57(69)54-45(3)68(48-36-27-22-28-37-48)64-55(54)47-34-25-21-26-35-47;1-4-5-6-7-8-9-10-11-12-13-14-15-16-17-21-24-36(50)44-33-25-26-34(43)35(27-33)45-41(53)39(40(52)38-30(2)46-47-31(38)3)49-37(51)29-48(42(49)54)28-32-22-19-18-20-23-32/h20-30,32-41,43,45,54,56,60,65H,4-19,31,42,44H2,1-3H3,(H,63,70);18-20,22-23,25-27,30,38-39,46H,4-17,21,24,28-29H2,1-3H3,(H,44,50)(H,45,53). The maximum atomic E-state index is 15.8. The minimum Gasteiger partial charge on any atom is -0.491 e. The molecule has 0 spiro atoms. The van der Waals surface area contributed by atoms with Crippen LogP contribution in [0.3, 0.4) is 0 Å². The lowest BCUT2D eigenvalue weighted by Crippen LogP contribution is -2.56. The van der Waals surface area contributed by atoms with E-state index in [1.165, 1.54) is 200 Å². The molecule has 0 saturated carbocycles. The SMILES string of the molecule is CCCCCCCCCCCCCCCCCC(=O)Nc1ccc(Cl)c(NC(=O)C(C(=O)C2C(C)=NNC2C)N2C(=O)CN(Cc3ccccc3)C2=O)c1.CCCCCCCCCCCCCCCCCCOc1ccc(S(=O)(=O)Nc2ccccc2Cl)cc1NC(=O)C(C(=O)C1C(c2ccccc2)=NN(c2ccccc2)C1C)N1C(=O)C(OCC)N(Cc2ccccc2)C1=O. The topological polar surface area (TPSA) is 307 Å². The number of Topliss-reactive ketones (excluding diaryl/α,β-unsaturated/α-hetero) is 2. The first-order valence-corrected chi connectivity index (χ1v) is 49.8. The molecule has 2 saturated heterocycles. The van der Waals surface area contributed by atoms with E-state index < -0.39 is 99.5 Å². The van der Waals surface area contributed by atoms with E-state index in [1.54, 1.807) is 93.4 Å². The molecule has 131 heavy (non-hydrogen) atoms. The van der Waals surface area contributed by atoms with Crippen LogP contribution in [0.5, 0.6) is 5.75 Å². The van der Waals surface area contributed by atoms with Crippen LogP contribution in [0.2, 0.25) is 10.0 Å². The van der Waals surface area contributed by atoms with E-state index in [0.29, 0.717) is 51.7 Å². The van der Waals surface area contributed by atoms with Crippen LogP contribution in [0.1, 0.15) is 264 Å². The number of hydrogen-bond donors (Lipinski definition) is 5. The first-order valence-electron chi connectivity index (χ1n) is 47.6. The number of benzene rings is 7. The number of nitrogens with zero attached hydrogens (tertiary/aromatic N) is 7. The molecule has 9 amide bonds. The number of sulfonamides is 1. The number of ketones is 2. The molecule has 7 aromatic rings. The lowest BCUT2D eigenvalue weighted by molar-refractivity contribution is -0.148. The summed E-state index contributed by atoms with van der Waals surface area (Å²) in [6, 6.07) is 44.9. The van der Waals surface area contributed by atoms with Crippen LogP contribution in [-0.2, 0) is 61.4 Å². The van der Waals surface area contributed by atoms with Crippen molar-refractivity contribution in [2.24, 2.45) is 22.0 Å². The minimum atomic E-state index is -4.35.